The first-order valence-corrected chi connectivity index (χ1v) is 6.89. The predicted molar refractivity (Wildman–Crippen MR) is 74.6 cm³/mol. The lowest BCUT2D eigenvalue weighted by Gasteiger charge is -2.38. The minimum Gasteiger partial charge on any atom is -0.469 e. The number of aryl methyl sites for hydroxylation is 1. The van der Waals surface area contributed by atoms with Crippen LogP contribution < -0.4 is 11.1 Å². The van der Waals surface area contributed by atoms with E-state index >= 15 is 0 Å². The van der Waals surface area contributed by atoms with Crippen LogP contribution in [0.15, 0.2) is 16.7 Å². The van der Waals surface area contributed by atoms with Gasteiger partial charge in [-0.3, -0.25) is 4.79 Å². The molecule has 0 aliphatic heterocycles. The van der Waals surface area contributed by atoms with Crippen molar-refractivity contribution in [3.05, 3.63) is 23.7 Å². The summed E-state index contributed by atoms with van der Waals surface area (Å²) in [7, 11) is 0. The number of fused-ring (bicyclic) bond motifs is 1. The van der Waals surface area contributed by atoms with Gasteiger partial charge in [-0.25, -0.2) is 0 Å². The van der Waals surface area contributed by atoms with Crippen molar-refractivity contribution < 1.29 is 9.21 Å². The third-order valence-corrected chi connectivity index (χ3v) is 4.54. The number of nitrogens with two attached hydrogens (primary N) is 1. The molecule has 0 aromatic carbocycles. The Balaban J connectivity index is 2.14. The molecule has 4 nitrogen and oxygen atoms in total. The molecule has 1 aliphatic carbocycles. The summed E-state index contributed by atoms with van der Waals surface area (Å²) in [5.41, 5.74) is 6.05. The quantitative estimate of drug-likeness (QED) is 0.881. The molecular weight excluding hydrogens is 240 g/mol. The molecule has 4 heteroatoms. The van der Waals surface area contributed by atoms with E-state index in [1.807, 2.05) is 33.8 Å². The average molecular weight is 264 g/mol. The van der Waals surface area contributed by atoms with Gasteiger partial charge in [-0.15, -0.1) is 0 Å². The molecule has 0 saturated heterocycles. The second kappa shape index (κ2) is 4.67. The van der Waals surface area contributed by atoms with Gasteiger partial charge < -0.3 is 15.5 Å². The molecule has 1 amide bonds. The Morgan fingerprint density at radius 3 is 2.74 bits per heavy atom. The van der Waals surface area contributed by atoms with Gasteiger partial charge in [0.25, 0.3) is 0 Å². The summed E-state index contributed by atoms with van der Waals surface area (Å²) in [6.45, 7) is 7.55. The highest BCUT2D eigenvalue weighted by molar-refractivity contribution is 5.83. The summed E-state index contributed by atoms with van der Waals surface area (Å²) >= 11 is 0. The van der Waals surface area contributed by atoms with Crippen molar-refractivity contribution in [2.24, 2.45) is 11.1 Å². The number of nitrogens with one attached hydrogen (secondary N) is 1. The molecule has 1 atom stereocenters. The van der Waals surface area contributed by atoms with E-state index in [1.54, 1.807) is 6.26 Å². The SMILES string of the molecule is CC(C)(N)C(C)(C)C(=O)NC1CCCc2occc21. The first-order valence-electron chi connectivity index (χ1n) is 6.89. The molecule has 0 saturated carbocycles. The molecule has 1 aromatic rings. The summed E-state index contributed by atoms with van der Waals surface area (Å²) in [6.07, 6.45) is 4.66. The predicted octanol–water partition coefficient (Wildman–Crippen LogP) is 2.54. The van der Waals surface area contributed by atoms with Crippen molar-refractivity contribution >= 4 is 5.91 Å². The van der Waals surface area contributed by atoms with Gasteiger partial charge in [0.1, 0.15) is 5.76 Å². The molecule has 0 bridgehead atoms. The molecule has 1 unspecified atom stereocenters. The third-order valence-electron chi connectivity index (χ3n) is 4.54. The largest absolute Gasteiger partial charge is 0.469 e. The molecule has 106 valence electrons. The van der Waals surface area contributed by atoms with Crippen LogP contribution in [0.3, 0.4) is 0 Å². The Labute approximate surface area is 114 Å². The first kappa shape index (κ1) is 14.1. The zero-order valence-corrected chi connectivity index (χ0v) is 12.2. The molecule has 1 aliphatic rings. The van der Waals surface area contributed by atoms with Crippen molar-refractivity contribution in [3.8, 4) is 0 Å². The van der Waals surface area contributed by atoms with E-state index in [9.17, 15) is 4.79 Å². The number of carbonyl (C=O) groups excluding carboxylic acids is 1. The highest BCUT2D eigenvalue weighted by Crippen LogP contribution is 2.33. The van der Waals surface area contributed by atoms with Crippen LogP contribution in [0.5, 0.6) is 0 Å². The van der Waals surface area contributed by atoms with Crippen LogP contribution in [-0.4, -0.2) is 11.4 Å². The summed E-state index contributed by atoms with van der Waals surface area (Å²) in [4.78, 5) is 12.5. The standard InChI is InChI=1S/C15H24N2O2/c1-14(2,15(3,4)16)13(18)17-11-6-5-7-12-10(11)8-9-19-12/h8-9,11H,5-7,16H2,1-4H3,(H,17,18). The van der Waals surface area contributed by atoms with E-state index in [-0.39, 0.29) is 11.9 Å². The molecule has 1 heterocycles. The van der Waals surface area contributed by atoms with Gasteiger partial charge in [0, 0.05) is 17.5 Å². The smallest absolute Gasteiger partial charge is 0.227 e. The second-order valence-corrected chi connectivity index (χ2v) is 6.56. The van der Waals surface area contributed by atoms with Crippen LogP contribution in [-0.2, 0) is 11.2 Å². The van der Waals surface area contributed by atoms with Crippen molar-refractivity contribution in [1.82, 2.24) is 5.32 Å². The van der Waals surface area contributed by atoms with E-state index in [0.717, 1.165) is 30.6 Å². The fourth-order valence-corrected chi connectivity index (χ4v) is 2.27. The third kappa shape index (κ3) is 2.54. The first-order chi connectivity index (χ1) is 8.73. The lowest BCUT2D eigenvalue weighted by Crippen LogP contribution is -2.56. The topological polar surface area (TPSA) is 68.3 Å². The maximum atomic E-state index is 12.5. The van der Waals surface area contributed by atoms with Crippen molar-refractivity contribution in [2.45, 2.75) is 58.5 Å². The van der Waals surface area contributed by atoms with Gasteiger partial charge in [0.15, 0.2) is 0 Å². The van der Waals surface area contributed by atoms with E-state index in [0.29, 0.717) is 0 Å². The van der Waals surface area contributed by atoms with Crippen molar-refractivity contribution in [2.75, 3.05) is 0 Å². The van der Waals surface area contributed by atoms with Gasteiger partial charge in [-0.1, -0.05) is 0 Å². The molecule has 1 aromatic heterocycles. The summed E-state index contributed by atoms with van der Waals surface area (Å²) in [5.74, 6) is 1.00. The van der Waals surface area contributed by atoms with Crippen molar-refractivity contribution in [1.29, 1.82) is 0 Å². The fourth-order valence-electron chi connectivity index (χ4n) is 2.27. The van der Waals surface area contributed by atoms with Crippen LogP contribution >= 0.6 is 0 Å². The number of rotatable bonds is 3. The maximum Gasteiger partial charge on any atom is 0.227 e. The van der Waals surface area contributed by atoms with E-state index in [4.69, 9.17) is 10.2 Å². The van der Waals surface area contributed by atoms with Gasteiger partial charge in [0.2, 0.25) is 5.91 Å². The average Bonchev–Trinajstić information content (AvgIpc) is 2.76. The lowest BCUT2D eigenvalue weighted by molar-refractivity contribution is -0.133. The minimum absolute atomic E-state index is 0.000880. The van der Waals surface area contributed by atoms with Crippen LogP contribution in [0.25, 0.3) is 0 Å². The summed E-state index contributed by atoms with van der Waals surface area (Å²) in [6, 6.07) is 2.01. The summed E-state index contributed by atoms with van der Waals surface area (Å²) in [5, 5.41) is 3.13. The Morgan fingerprint density at radius 2 is 2.11 bits per heavy atom. The minimum atomic E-state index is -0.617. The highest BCUT2D eigenvalue weighted by Gasteiger charge is 2.41. The maximum absolute atomic E-state index is 12.5. The van der Waals surface area contributed by atoms with Crippen LogP contribution in [0.2, 0.25) is 0 Å². The summed E-state index contributed by atoms with van der Waals surface area (Å²) < 4.78 is 5.44. The van der Waals surface area contributed by atoms with Crippen LogP contribution in [0.4, 0.5) is 0 Å². The molecule has 0 radical (unpaired) electrons. The normalized spacial score (nSPS) is 19.9. The zero-order chi connectivity index (χ0) is 14.3. The number of hydrogen-bond donors (Lipinski definition) is 2. The number of hydrogen-bond acceptors (Lipinski definition) is 3. The molecular formula is C15H24N2O2. The number of amides is 1. The molecule has 19 heavy (non-hydrogen) atoms. The number of carbonyl (C=O) groups is 1. The van der Waals surface area contributed by atoms with E-state index in [1.165, 1.54) is 0 Å². The molecule has 0 fully saturated rings. The van der Waals surface area contributed by atoms with Crippen LogP contribution in [0, 0.1) is 5.41 Å². The molecule has 0 spiro atoms. The van der Waals surface area contributed by atoms with Gasteiger partial charge in [0.05, 0.1) is 17.7 Å². The van der Waals surface area contributed by atoms with E-state index < -0.39 is 11.0 Å². The fraction of sp³-hybridized carbons (Fsp3) is 0.667. The highest BCUT2D eigenvalue weighted by atomic mass is 16.3. The van der Waals surface area contributed by atoms with Gasteiger partial charge in [-0.05, 0) is 46.6 Å². The van der Waals surface area contributed by atoms with Gasteiger partial charge in [-0.2, -0.15) is 0 Å². The Hall–Kier alpha value is -1.29. The lowest BCUT2D eigenvalue weighted by atomic mass is 9.74. The van der Waals surface area contributed by atoms with E-state index in [2.05, 4.69) is 5.32 Å². The monoisotopic (exact) mass is 264 g/mol. The van der Waals surface area contributed by atoms with Crippen LogP contribution in [0.1, 0.15) is 57.9 Å². The Morgan fingerprint density at radius 1 is 1.42 bits per heavy atom. The Kier molecular flexibility index (Phi) is 3.47. The second-order valence-electron chi connectivity index (χ2n) is 6.56. The van der Waals surface area contributed by atoms with Crippen molar-refractivity contribution in [3.63, 3.8) is 0 Å². The molecule has 2 rings (SSSR count). The molecule has 3 N–H and O–H groups in total. The van der Waals surface area contributed by atoms with Gasteiger partial charge >= 0.3 is 0 Å². The Bertz CT molecular complexity index is 469. The number of furan rings is 1. The zero-order valence-electron chi connectivity index (χ0n) is 12.2.